The molecule has 16 heavy (non-hydrogen) atoms. The number of β-amino-alcohol motifs (C(OH)–C–C–N with tert-alkyl or cyclic N) is 1. The lowest BCUT2D eigenvalue weighted by atomic mass is 9.95. The SMILES string of the molecule is CC(C)C1CC(=O)N(CC(C)(O)C(=O)O)C1. The van der Waals surface area contributed by atoms with Crippen molar-refractivity contribution >= 4 is 11.9 Å². The summed E-state index contributed by atoms with van der Waals surface area (Å²) < 4.78 is 0. The van der Waals surface area contributed by atoms with Crippen LogP contribution in [-0.2, 0) is 9.59 Å². The van der Waals surface area contributed by atoms with Gasteiger partial charge in [-0.2, -0.15) is 0 Å². The maximum atomic E-state index is 11.6. The van der Waals surface area contributed by atoms with Crippen molar-refractivity contribution in [3.05, 3.63) is 0 Å². The average molecular weight is 229 g/mol. The molecule has 0 aromatic heterocycles. The number of likely N-dealkylation sites (tertiary alicyclic amines) is 1. The highest BCUT2D eigenvalue weighted by Crippen LogP contribution is 2.25. The van der Waals surface area contributed by atoms with Gasteiger partial charge in [-0.25, -0.2) is 4.79 Å². The average Bonchev–Trinajstić information content (AvgIpc) is 2.47. The standard InChI is InChI=1S/C11H19NO4/c1-7(2)8-4-9(13)12(5-8)6-11(3,16)10(14)15/h7-8,16H,4-6H2,1-3H3,(H,14,15). The first-order valence-electron chi connectivity index (χ1n) is 5.47. The van der Waals surface area contributed by atoms with Crippen LogP contribution in [0.25, 0.3) is 0 Å². The Bertz CT molecular complexity index is 298. The Morgan fingerprint density at radius 1 is 1.62 bits per heavy atom. The molecule has 0 aliphatic carbocycles. The molecule has 1 fully saturated rings. The van der Waals surface area contributed by atoms with Crippen molar-refractivity contribution in [3.8, 4) is 0 Å². The Morgan fingerprint density at radius 2 is 2.19 bits per heavy atom. The van der Waals surface area contributed by atoms with Crippen LogP contribution in [0.2, 0.25) is 0 Å². The maximum Gasteiger partial charge on any atom is 0.337 e. The number of carboxylic acids is 1. The van der Waals surface area contributed by atoms with Crippen LogP contribution >= 0.6 is 0 Å². The fourth-order valence-corrected chi connectivity index (χ4v) is 1.84. The second-order valence-corrected chi connectivity index (χ2v) is 5.06. The molecular formula is C11H19NO4. The molecule has 92 valence electrons. The predicted molar refractivity (Wildman–Crippen MR) is 57.8 cm³/mol. The van der Waals surface area contributed by atoms with E-state index in [0.717, 1.165) is 0 Å². The molecule has 0 radical (unpaired) electrons. The van der Waals surface area contributed by atoms with Gasteiger partial charge < -0.3 is 15.1 Å². The smallest absolute Gasteiger partial charge is 0.337 e. The van der Waals surface area contributed by atoms with Crippen LogP contribution < -0.4 is 0 Å². The minimum Gasteiger partial charge on any atom is -0.479 e. The van der Waals surface area contributed by atoms with Crippen LogP contribution in [-0.4, -0.2) is 45.7 Å². The van der Waals surface area contributed by atoms with E-state index in [-0.39, 0.29) is 18.4 Å². The van der Waals surface area contributed by atoms with E-state index in [1.54, 1.807) is 0 Å². The van der Waals surface area contributed by atoms with Crippen molar-refractivity contribution < 1.29 is 19.8 Å². The third kappa shape index (κ3) is 2.72. The largest absolute Gasteiger partial charge is 0.479 e. The molecule has 1 saturated heterocycles. The zero-order valence-electron chi connectivity index (χ0n) is 9.93. The summed E-state index contributed by atoms with van der Waals surface area (Å²) in [5, 5.41) is 18.4. The van der Waals surface area contributed by atoms with Gasteiger partial charge in [-0.05, 0) is 18.8 Å². The minimum absolute atomic E-state index is 0.0692. The number of carbonyl (C=O) groups is 2. The van der Waals surface area contributed by atoms with E-state index < -0.39 is 11.6 Å². The van der Waals surface area contributed by atoms with Crippen molar-refractivity contribution in [1.29, 1.82) is 0 Å². The lowest BCUT2D eigenvalue weighted by Crippen LogP contribution is -2.47. The number of rotatable bonds is 4. The van der Waals surface area contributed by atoms with Crippen molar-refractivity contribution in [2.75, 3.05) is 13.1 Å². The van der Waals surface area contributed by atoms with E-state index in [4.69, 9.17) is 5.11 Å². The van der Waals surface area contributed by atoms with Gasteiger partial charge in [0, 0.05) is 13.0 Å². The van der Waals surface area contributed by atoms with Gasteiger partial charge in [-0.3, -0.25) is 4.79 Å². The molecule has 2 unspecified atom stereocenters. The first-order chi connectivity index (χ1) is 7.24. The number of hydrogen-bond acceptors (Lipinski definition) is 3. The Hall–Kier alpha value is -1.10. The highest BCUT2D eigenvalue weighted by Gasteiger charge is 2.38. The molecule has 1 aliphatic heterocycles. The van der Waals surface area contributed by atoms with E-state index in [2.05, 4.69) is 0 Å². The molecule has 1 rings (SSSR count). The van der Waals surface area contributed by atoms with Crippen molar-refractivity contribution in [1.82, 2.24) is 4.90 Å². The summed E-state index contributed by atoms with van der Waals surface area (Å²) in [5.41, 5.74) is -1.86. The number of hydrogen-bond donors (Lipinski definition) is 2. The van der Waals surface area contributed by atoms with Gasteiger partial charge in [0.15, 0.2) is 5.60 Å². The van der Waals surface area contributed by atoms with Gasteiger partial charge in [0.1, 0.15) is 0 Å². The number of nitrogens with zero attached hydrogens (tertiary/aromatic N) is 1. The van der Waals surface area contributed by atoms with Gasteiger partial charge in [-0.1, -0.05) is 13.8 Å². The summed E-state index contributed by atoms with van der Waals surface area (Å²) in [6.45, 7) is 5.70. The molecule has 1 amide bonds. The van der Waals surface area contributed by atoms with Gasteiger partial charge >= 0.3 is 5.97 Å². The summed E-state index contributed by atoms with van der Waals surface area (Å²) in [6, 6.07) is 0. The molecule has 1 heterocycles. The maximum absolute atomic E-state index is 11.6. The van der Waals surface area contributed by atoms with Crippen molar-refractivity contribution in [2.45, 2.75) is 32.8 Å². The fraction of sp³-hybridized carbons (Fsp3) is 0.818. The summed E-state index contributed by atoms with van der Waals surface area (Å²) in [4.78, 5) is 23.8. The lowest BCUT2D eigenvalue weighted by Gasteiger charge is -2.25. The third-order valence-corrected chi connectivity index (χ3v) is 3.15. The zero-order chi connectivity index (χ0) is 12.5. The van der Waals surface area contributed by atoms with Gasteiger partial charge in [0.05, 0.1) is 6.54 Å². The van der Waals surface area contributed by atoms with Crippen LogP contribution in [0.15, 0.2) is 0 Å². The Labute approximate surface area is 95.1 Å². The normalized spacial score (nSPS) is 24.9. The van der Waals surface area contributed by atoms with Crippen molar-refractivity contribution in [2.24, 2.45) is 11.8 Å². The molecule has 0 spiro atoms. The van der Waals surface area contributed by atoms with E-state index in [1.807, 2.05) is 13.8 Å². The van der Waals surface area contributed by atoms with Crippen LogP contribution in [0.3, 0.4) is 0 Å². The molecule has 0 saturated carbocycles. The highest BCUT2D eigenvalue weighted by molar-refractivity contribution is 5.81. The van der Waals surface area contributed by atoms with Crippen LogP contribution in [0.5, 0.6) is 0 Å². The number of aliphatic carboxylic acids is 1. The number of amides is 1. The summed E-state index contributed by atoms with van der Waals surface area (Å²) in [6.07, 6.45) is 0.452. The molecule has 5 nitrogen and oxygen atoms in total. The molecule has 0 bridgehead atoms. The Balaban J connectivity index is 2.63. The quantitative estimate of drug-likeness (QED) is 0.728. The van der Waals surface area contributed by atoms with Gasteiger partial charge in [0.25, 0.3) is 0 Å². The summed E-state index contributed by atoms with van der Waals surface area (Å²) in [7, 11) is 0. The molecule has 2 N–H and O–H groups in total. The second kappa shape index (κ2) is 4.41. The van der Waals surface area contributed by atoms with E-state index in [0.29, 0.717) is 18.9 Å². The molecule has 2 atom stereocenters. The Morgan fingerprint density at radius 3 is 2.56 bits per heavy atom. The number of aliphatic hydroxyl groups is 1. The summed E-state index contributed by atoms with van der Waals surface area (Å²) in [5.74, 6) is -0.714. The van der Waals surface area contributed by atoms with Crippen LogP contribution in [0.4, 0.5) is 0 Å². The van der Waals surface area contributed by atoms with Crippen LogP contribution in [0, 0.1) is 11.8 Å². The monoisotopic (exact) mass is 229 g/mol. The third-order valence-electron chi connectivity index (χ3n) is 3.15. The predicted octanol–water partition coefficient (Wildman–Crippen LogP) is 0.327. The summed E-state index contributed by atoms with van der Waals surface area (Å²) >= 11 is 0. The number of carboxylic acid groups (broad SMARTS) is 1. The molecule has 5 heteroatoms. The molecular weight excluding hydrogens is 210 g/mol. The van der Waals surface area contributed by atoms with Crippen LogP contribution in [0.1, 0.15) is 27.2 Å². The highest BCUT2D eigenvalue weighted by atomic mass is 16.4. The molecule has 0 aromatic carbocycles. The second-order valence-electron chi connectivity index (χ2n) is 5.06. The molecule has 0 aromatic rings. The van der Waals surface area contributed by atoms with E-state index >= 15 is 0 Å². The van der Waals surface area contributed by atoms with E-state index in [9.17, 15) is 14.7 Å². The van der Waals surface area contributed by atoms with Gasteiger partial charge in [-0.15, -0.1) is 0 Å². The topological polar surface area (TPSA) is 77.8 Å². The number of carbonyl (C=O) groups excluding carboxylic acids is 1. The van der Waals surface area contributed by atoms with E-state index in [1.165, 1.54) is 11.8 Å². The minimum atomic E-state index is -1.86. The zero-order valence-corrected chi connectivity index (χ0v) is 9.93. The first-order valence-corrected chi connectivity index (χ1v) is 5.47. The lowest BCUT2D eigenvalue weighted by molar-refractivity contribution is -0.159. The molecule has 1 aliphatic rings. The fourth-order valence-electron chi connectivity index (χ4n) is 1.84. The van der Waals surface area contributed by atoms with Crippen molar-refractivity contribution in [3.63, 3.8) is 0 Å². The van der Waals surface area contributed by atoms with Gasteiger partial charge in [0.2, 0.25) is 5.91 Å². The Kier molecular flexibility index (Phi) is 3.57. The first kappa shape index (κ1) is 13.0.